The number of aliphatic hydroxyl groups excluding tert-OH is 1. The molecule has 0 saturated carbocycles. The first-order valence-corrected chi connectivity index (χ1v) is 5.89. The molecule has 104 valence electrons. The summed E-state index contributed by atoms with van der Waals surface area (Å²) in [7, 11) is 4.52. The lowest BCUT2D eigenvalue weighted by Gasteiger charge is -2.15. The van der Waals surface area contributed by atoms with E-state index in [1.807, 2.05) is 0 Å². The number of methoxy groups -OCH3 is 3. The van der Waals surface area contributed by atoms with Crippen LogP contribution in [-0.4, -0.2) is 50.4 Å². The highest BCUT2D eigenvalue weighted by atomic mass is 16.5. The summed E-state index contributed by atoms with van der Waals surface area (Å²) in [5, 5.41) is 8.98. The summed E-state index contributed by atoms with van der Waals surface area (Å²) in [4.78, 5) is 13.8. The average molecular weight is 267 g/mol. The summed E-state index contributed by atoms with van der Waals surface area (Å²) in [5.74, 6) is 1.14. The molecule has 0 spiro atoms. The summed E-state index contributed by atoms with van der Waals surface area (Å²) in [5.41, 5.74) is 1.29. The Bertz CT molecular complexity index is 500. The first-order valence-electron chi connectivity index (χ1n) is 5.89. The fourth-order valence-electron chi connectivity index (χ4n) is 2.30. The Morgan fingerprint density at radius 3 is 2.42 bits per heavy atom. The highest BCUT2D eigenvalue weighted by Gasteiger charge is 2.34. The van der Waals surface area contributed by atoms with Gasteiger partial charge in [-0.25, -0.2) is 0 Å². The molecule has 1 aliphatic rings. The van der Waals surface area contributed by atoms with Crippen LogP contribution in [0.1, 0.15) is 15.9 Å². The molecule has 19 heavy (non-hydrogen) atoms. The van der Waals surface area contributed by atoms with Crippen LogP contribution in [0.2, 0.25) is 0 Å². The molecular formula is C13H17NO5. The molecule has 6 heteroatoms. The number of β-amino-alcohol motifs (C(OH)–C–C–N with tert-alkyl or cyclic N) is 1. The van der Waals surface area contributed by atoms with Crippen molar-refractivity contribution >= 4 is 5.91 Å². The van der Waals surface area contributed by atoms with Gasteiger partial charge in [0.2, 0.25) is 5.75 Å². The minimum atomic E-state index is -0.165. The smallest absolute Gasteiger partial charge is 0.258 e. The second-order valence-corrected chi connectivity index (χ2v) is 4.13. The number of fused-ring (bicyclic) bond motifs is 1. The van der Waals surface area contributed by atoms with Gasteiger partial charge in [0.1, 0.15) is 0 Å². The van der Waals surface area contributed by atoms with Gasteiger partial charge in [-0.15, -0.1) is 0 Å². The van der Waals surface area contributed by atoms with Gasteiger partial charge in [0.25, 0.3) is 5.91 Å². The third-order valence-electron chi connectivity index (χ3n) is 3.14. The predicted octanol–water partition coefficient (Wildman–Crippen LogP) is 0.660. The quantitative estimate of drug-likeness (QED) is 0.849. The van der Waals surface area contributed by atoms with E-state index in [4.69, 9.17) is 19.3 Å². The summed E-state index contributed by atoms with van der Waals surface area (Å²) < 4.78 is 15.8. The molecule has 0 unspecified atom stereocenters. The van der Waals surface area contributed by atoms with Crippen LogP contribution in [0.25, 0.3) is 0 Å². The van der Waals surface area contributed by atoms with Crippen LogP contribution in [-0.2, 0) is 6.54 Å². The van der Waals surface area contributed by atoms with Crippen LogP contribution in [0.15, 0.2) is 6.07 Å². The Balaban J connectivity index is 2.55. The lowest BCUT2D eigenvalue weighted by Crippen LogP contribution is -2.27. The Morgan fingerprint density at radius 1 is 1.21 bits per heavy atom. The van der Waals surface area contributed by atoms with Gasteiger partial charge < -0.3 is 24.2 Å². The summed E-state index contributed by atoms with van der Waals surface area (Å²) in [6, 6.07) is 1.77. The number of benzene rings is 1. The van der Waals surface area contributed by atoms with E-state index in [0.717, 1.165) is 5.56 Å². The highest BCUT2D eigenvalue weighted by molar-refractivity contribution is 6.02. The van der Waals surface area contributed by atoms with E-state index in [1.54, 1.807) is 11.0 Å². The molecule has 0 bridgehead atoms. The van der Waals surface area contributed by atoms with Crippen molar-refractivity contribution in [3.05, 3.63) is 17.2 Å². The van der Waals surface area contributed by atoms with Gasteiger partial charge in [-0.3, -0.25) is 4.79 Å². The minimum absolute atomic E-state index is 0.0731. The van der Waals surface area contributed by atoms with Crippen molar-refractivity contribution in [2.45, 2.75) is 6.54 Å². The van der Waals surface area contributed by atoms with Crippen molar-refractivity contribution in [2.24, 2.45) is 0 Å². The molecule has 1 aliphatic heterocycles. The normalized spacial score (nSPS) is 13.5. The van der Waals surface area contributed by atoms with Gasteiger partial charge in [0, 0.05) is 13.1 Å². The van der Waals surface area contributed by atoms with Crippen molar-refractivity contribution < 1.29 is 24.1 Å². The maximum absolute atomic E-state index is 12.3. The molecule has 0 aliphatic carbocycles. The second-order valence-electron chi connectivity index (χ2n) is 4.13. The first-order chi connectivity index (χ1) is 9.17. The molecule has 0 atom stereocenters. The van der Waals surface area contributed by atoms with Crippen LogP contribution in [0.5, 0.6) is 17.2 Å². The number of nitrogens with zero attached hydrogens (tertiary/aromatic N) is 1. The van der Waals surface area contributed by atoms with Gasteiger partial charge >= 0.3 is 0 Å². The second kappa shape index (κ2) is 5.36. The zero-order valence-corrected chi connectivity index (χ0v) is 11.2. The maximum atomic E-state index is 12.3. The van der Waals surface area contributed by atoms with E-state index in [9.17, 15) is 4.79 Å². The van der Waals surface area contributed by atoms with E-state index >= 15 is 0 Å². The number of hydrogen-bond donors (Lipinski definition) is 1. The molecule has 1 heterocycles. The molecule has 0 radical (unpaired) electrons. The van der Waals surface area contributed by atoms with E-state index in [0.29, 0.717) is 35.9 Å². The lowest BCUT2D eigenvalue weighted by atomic mass is 10.1. The van der Waals surface area contributed by atoms with Crippen LogP contribution < -0.4 is 14.2 Å². The summed E-state index contributed by atoms with van der Waals surface area (Å²) in [6.07, 6.45) is 0. The largest absolute Gasteiger partial charge is 0.493 e. The van der Waals surface area contributed by atoms with Gasteiger partial charge in [-0.05, 0) is 11.6 Å². The molecule has 2 rings (SSSR count). The Morgan fingerprint density at radius 2 is 1.89 bits per heavy atom. The number of ether oxygens (including phenoxy) is 3. The first kappa shape index (κ1) is 13.5. The van der Waals surface area contributed by atoms with E-state index in [1.165, 1.54) is 21.3 Å². The fraction of sp³-hybridized carbons (Fsp3) is 0.462. The van der Waals surface area contributed by atoms with E-state index in [-0.39, 0.29) is 12.5 Å². The summed E-state index contributed by atoms with van der Waals surface area (Å²) in [6.45, 7) is 0.656. The molecule has 1 aromatic rings. The van der Waals surface area contributed by atoms with E-state index in [2.05, 4.69) is 0 Å². The molecular weight excluding hydrogens is 250 g/mol. The number of rotatable bonds is 5. The highest BCUT2D eigenvalue weighted by Crippen LogP contribution is 2.44. The van der Waals surface area contributed by atoms with Crippen molar-refractivity contribution in [1.82, 2.24) is 4.90 Å². The molecule has 1 N–H and O–H groups in total. The van der Waals surface area contributed by atoms with E-state index < -0.39 is 0 Å². The molecule has 0 saturated heterocycles. The van der Waals surface area contributed by atoms with Gasteiger partial charge in [-0.1, -0.05) is 0 Å². The maximum Gasteiger partial charge on any atom is 0.258 e. The Labute approximate surface area is 111 Å². The minimum Gasteiger partial charge on any atom is -0.493 e. The van der Waals surface area contributed by atoms with Crippen molar-refractivity contribution in [3.8, 4) is 17.2 Å². The summed E-state index contributed by atoms with van der Waals surface area (Å²) >= 11 is 0. The van der Waals surface area contributed by atoms with Gasteiger partial charge in [0.05, 0.1) is 33.5 Å². The van der Waals surface area contributed by atoms with Crippen LogP contribution in [0.4, 0.5) is 0 Å². The third-order valence-corrected chi connectivity index (χ3v) is 3.14. The molecule has 1 aromatic carbocycles. The zero-order chi connectivity index (χ0) is 14.0. The molecule has 0 aromatic heterocycles. The number of amides is 1. The SMILES string of the molecule is COc1cc2c(c(OC)c1OC)C(=O)N(CCO)C2. The third kappa shape index (κ3) is 2.08. The van der Waals surface area contributed by atoms with Crippen LogP contribution in [0, 0.1) is 0 Å². The predicted molar refractivity (Wildman–Crippen MR) is 67.9 cm³/mol. The standard InChI is InChI=1S/C13H17NO5/c1-17-9-6-8-7-14(4-5-15)13(16)10(8)12(19-3)11(9)18-2/h6,15H,4-5,7H2,1-3H3. The van der Waals surface area contributed by atoms with Crippen molar-refractivity contribution in [2.75, 3.05) is 34.5 Å². The van der Waals surface area contributed by atoms with Gasteiger partial charge in [-0.2, -0.15) is 0 Å². The zero-order valence-electron chi connectivity index (χ0n) is 11.2. The topological polar surface area (TPSA) is 68.2 Å². The number of carbonyl (C=O) groups excluding carboxylic acids is 1. The fourth-order valence-corrected chi connectivity index (χ4v) is 2.30. The van der Waals surface area contributed by atoms with Crippen LogP contribution >= 0.6 is 0 Å². The number of hydrogen-bond acceptors (Lipinski definition) is 5. The number of aliphatic hydroxyl groups is 1. The lowest BCUT2D eigenvalue weighted by molar-refractivity contribution is 0.0743. The monoisotopic (exact) mass is 267 g/mol. The molecule has 6 nitrogen and oxygen atoms in total. The average Bonchev–Trinajstić information content (AvgIpc) is 2.73. The van der Waals surface area contributed by atoms with Crippen molar-refractivity contribution in [3.63, 3.8) is 0 Å². The Hall–Kier alpha value is -1.95. The molecule has 1 amide bonds. The Kier molecular flexibility index (Phi) is 3.80. The van der Waals surface area contributed by atoms with Crippen molar-refractivity contribution in [1.29, 1.82) is 0 Å². The number of carbonyl (C=O) groups is 1. The molecule has 0 fully saturated rings. The van der Waals surface area contributed by atoms with Gasteiger partial charge in [0.15, 0.2) is 11.5 Å². The van der Waals surface area contributed by atoms with Crippen LogP contribution in [0.3, 0.4) is 0 Å².